The fourth-order valence-corrected chi connectivity index (χ4v) is 1.56. The number of aliphatic carboxylic acids is 2. The Bertz CT molecular complexity index is 983. The molecule has 0 aromatic carbocycles. The molecule has 0 aliphatic heterocycles. The Morgan fingerprint density at radius 3 is 1.79 bits per heavy atom. The quantitative estimate of drug-likeness (QED) is 0.0959. The SMILES string of the molecule is CCNc1nc(Cl)nc(NC(C)C)n1.N.NS(=O)(=O)O.Nc1nc[nH]n1.O=C(O)C(O)C(O)C(=O)O.[KH].[SbH3]. The summed E-state index contributed by atoms with van der Waals surface area (Å²) < 4.78 is 25.2. The van der Waals surface area contributed by atoms with Crippen molar-refractivity contribution in [2.24, 2.45) is 5.14 Å². The zero-order valence-corrected chi connectivity index (χ0v) is 25.6. The van der Waals surface area contributed by atoms with Crippen molar-refractivity contribution < 1.29 is 43.0 Å². The number of aliphatic hydroxyl groups excluding tert-OH is 2. The number of nitrogens with zero attached hydrogens (tertiary/aromatic N) is 5. The number of rotatable bonds is 7. The summed E-state index contributed by atoms with van der Waals surface area (Å²) in [6, 6.07) is 0.267. The number of anilines is 3. The fraction of sp³-hybridized carbons (Fsp3) is 0.500. The number of nitrogen functional groups attached to an aromatic ring is 1. The summed E-state index contributed by atoms with van der Waals surface area (Å²) in [5.74, 6) is -2.26. The number of hydrogen-bond donors (Lipinski definition) is 11. The van der Waals surface area contributed by atoms with Crippen LogP contribution in [-0.4, -0.2) is 176 Å². The van der Waals surface area contributed by atoms with Crippen molar-refractivity contribution in [3.05, 3.63) is 11.6 Å². The predicted molar refractivity (Wildman–Crippen MR) is 144 cm³/mol. The molecule has 2 aromatic heterocycles. The number of nitrogens with two attached hydrogens (primary N) is 2. The van der Waals surface area contributed by atoms with Gasteiger partial charge in [-0.2, -0.15) is 23.4 Å². The minimum atomic E-state index is -4.17. The van der Waals surface area contributed by atoms with Crippen molar-refractivity contribution in [2.75, 3.05) is 22.9 Å². The number of aromatic amines is 1. The molecule has 218 valence electrons. The first kappa shape index (κ1) is 46.8. The molecule has 24 heteroatoms. The van der Waals surface area contributed by atoms with Gasteiger partial charge in [0.05, 0.1) is 0 Å². The van der Waals surface area contributed by atoms with Gasteiger partial charge < -0.3 is 42.9 Å². The van der Waals surface area contributed by atoms with Crippen LogP contribution in [0.3, 0.4) is 0 Å². The summed E-state index contributed by atoms with van der Waals surface area (Å²) in [6.45, 7) is 6.73. The van der Waals surface area contributed by atoms with Crippen molar-refractivity contribution in [3.63, 3.8) is 0 Å². The van der Waals surface area contributed by atoms with Crippen molar-refractivity contribution in [1.82, 2.24) is 36.3 Å². The third kappa shape index (κ3) is 29.5. The van der Waals surface area contributed by atoms with Gasteiger partial charge in [0, 0.05) is 12.6 Å². The molecular weight excluding hydrogens is 695 g/mol. The monoisotopic (exact) mass is 727 g/mol. The third-order valence-corrected chi connectivity index (χ3v) is 2.77. The van der Waals surface area contributed by atoms with Gasteiger partial charge in [-0.25, -0.2) is 19.7 Å². The van der Waals surface area contributed by atoms with Gasteiger partial charge in [-0.05, 0) is 32.4 Å². The minimum absolute atomic E-state index is 0. The molecule has 2 aromatic rings. The van der Waals surface area contributed by atoms with E-state index in [-0.39, 0.29) is 99.2 Å². The van der Waals surface area contributed by atoms with E-state index in [1.54, 1.807) is 0 Å². The maximum atomic E-state index is 9.77. The molecule has 2 rings (SSSR count). The van der Waals surface area contributed by atoms with E-state index in [0.717, 1.165) is 6.54 Å². The molecule has 0 aliphatic rings. The van der Waals surface area contributed by atoms with E-state index in [2.05, 4.69) is 45.9 Å². The van der Waals surface area contributed by atoms with Gasteiger partial charge in [0.1, 0.15) is 6.33 Å². The Labute approximate surface area is 282 Å². The van der Waals surface area contributed by atoms with Crippen LogP contribution in [0.2, 0.25) is 5.28 Å². The van der Waals surface area contributed by atoms with Gasteiger partial charge in [-0.1, -0.05) is 0 Å². The molecular formula is C14H34ClKN11O9SSb. The van der Waals surface area contributed by atoms with Crippen molar-refractivity contribution in [1.29, 1.82) is 0 Å². The van der Waals surface area contributed by atoms with Crippen molar-refractivity contribution >= 4 is 128 Å². The molecule has 20 nitrogen and oxygen atoms in total. The number of carboxylic acid groups (broad SMARTS) is 2. The summed E-state index contributed by atoms with van der Waals surface area (Å²) in [5, 5.41) is 48.5. The van der Waals surface area contributed by atoms with Crippen LogP contribution in [-0.2, 0) is 19.9 Å². The Morgan fingerprint density at radius 1 is 1.11 bits per heavy atom. The van der Waals surface area contributed by atoms with E-state index >= 15 is 0 Å². The van der Waals surface area contributed by atoms with Gasteiger partial charge in [0.15, 0.2) is 12.2 Å². The average Bonchev–Trinajstić information content (AvgIpc) is 3.16. The van der Waals surface area contributed by atoms with Gasteiger partial charge >= 0.3 is 98.1 Å². The van der Waals surface area contributed by atoms with Crippen LogP contribution in [0.25, 0.3) is 0 Å². The maximum absolute atomic E-state index is 9.77. The number of aliphatic hydroxyl groups is 2. The summed E-state index contributed by atoms with van der Waals surface area (Å²) >= 11 is 5.73. The molecule has 2 atom stereocenters. The molecule has 0 bridgehead atoms. The second-order valence-corrected chi connectivity index (χ2v) is 7.39. The van der Waals surface area contributed by atoms with Crippen LogP contribution in [0.15, 0.2) is 6.33 Å². The van der Waals surface area contributed by atoms with Crippen LogP contribution < -0.4 is 27.7 Å². The van der Waals surface area contributed by atoms with E-state index < -0.39 is 34.5 Å². The Balaban J connectivity index is -0.000000133. The molecule has 0 fully saturated rings. The Hall–Kier alpha value is -1.02. The van der Waals surface area contributed by atoms with Crippen molar-refractivity contribution in [2.45, 2.75) is 39.0 Å². The average molecular weight is 729 g/mol. The first-order valence-corrected chi connectivity index (χ1v) is 11.0. The molecule has 0 amide bonds. The Morgan fingerprint density at radius 2 is 1.53 bits per heavy atom. The van der Waals surface area contributed by atoms with E-state index in [4.69, 9.17) is 50.7 Å². The molecule has 2 unspecified atom stereocenters. The number of nitrogens with one attached hydrogen (secondary N) is 3. The fourth-order valence-electron chi connectivity index (χ4n) is 1.40. The van der Waals surface area contributed by atoms with Crippen LogP contribution in [0.4, 0.5) is 17.8 Å². The second kappa shape index (κ2) is 25.0. The third-order valence-electron chi connectivity index (χ3n) is 2.60. The van der Waals surface area contributed by atoms with Gasteiger partial charge in [0.2, 0.25) is 23.1 Å². The van der Waals surface area contributed by atoms with Crippen LogP contribution in [0, 0.1) is 0 Å². The number of hydrogen-bond acceptors (Lipinski definition) is 15. The molecule has 0 aliphatic carbocycles. The normalized spacial score (nSPS) is 10.9. The Kier molecular flexibility index (Phi) is 30.8. The number of H-pyrrole nitrogens is 1. The molecule has 2 heterocycles. The van der Waals surface area contributed by atoms with Crippen LogP contribution >= 0.6 is 11.6 Å². The summed E-state index contributed by atoms with van der Waals surface area (Å²) in [7, 11) is -4.17. The zero-order chi connectivity index (χ0) is 27.8. The first-order valence-electron chi connectivity index (χ1n) is 9.08. The van der Waals surface area contributed by atoms with Gasteiger partial charge in [-0.3, -0.25) is 9.65 Å². The first-order chi connectivity index (χ1) is 16.0. The van der Waals surface area contributed by atoms with E-state index in [0.29, 0.717) is 11.9 Å². The zero-order valence-electron chi connectivity index (χ0n) is 20.0. The van der Waals surface area contributed by atoms with E-state index in [9.17, 15) is 9.59 Å². The molecule has 38 heavy (non-hydrogen) atoms. The summed E-state index contributed by atoms with van der Waals surface area (Å²) in [5.41, 5.74) is 5.02. The standard InChI is InChI=1S/C8H14ClN5.C4H6O6.C2H4N4.K.H3NO3S.H3N.Sb.4H/c1-4-10-7-12-6(9)13-8(14-7)11-5(2)3;5-1(3(7)8)2(6)4(9)10;3-2-4-1-5-6-2;;1-5(2,3)4;;;;;;/h5H,4H2,1-3H3,(H2,10,11,12,13,14);1-2,5-6H,(H,7,8)(H,9,10);1H,(H3,3,4,5,6);;(H3,1,2,3,4);1H3;;;;;. The number of aromatic nitrogens is 6. The molecule has 15 N–H and O–H groups in total. The van der Waals surface area contributed by atoms with Crippen LogP contribution in [0.1, 0.15) is 20.8 Å². The van der Waals surface area contributed by atoms with Crippen LogP contribution in [0.5, 0.6) is 0 Å². The van der Waals surface area contributed by atoms with Crippen molar-refractivity contribution in [3.8, 4) is 0 Å². The van der Waals surface area contributed by atoms with E-state index in [1.807, 2.05) is 20.8 Å². The van der Waals surface area contributed by atoms with Gasteiger partial charge in [-0.15, -0.1) is 5.10 Å². The van der Waals surface area contributed by atoms with Gasteiger partial charge in [0.25, 0.3) is 0 Å². The number of halogens is 1. The summed E-state index contributed by atoms with van der Waals surface area (Å²) in [6.07, 6.45) is -3.11. The molecule has 0 radical (unpaired) electrons. The molecule has 0 saturated heterocycles. The van der Waals surface area contributed by atoms with E-state index in [1.165, 1.54) is 6.33 Å². The number of carbonyl (C=O) groups is 2. The molecule has 0 saturated carbocycles. The summed E-state index contributed by atoms with van der Waals surface area (Å²) in [4.78, 5) is 35.1. The number of carboxylic acids is 2. The second-order valence-electron chi connectivity index (χ2n) is 6.02. The predicted octanol–water partition coefficient (Wildman–Crippen LogP) is -3.88. The topological polar surface area (TPSA) is 361 Å². The molecule has 0 spiro atoms.